The van der Waals surface area contributed by atoms with Crippen molar-refractivity contribution in [2.45, 2.75) is 4.90 Å². The summed E-state index contributed by atoms with van der Waals surface area (Å²) in [5.41, 5.74) is 1.61. The lowest BCUT2D eigenvalue weighted by atomic mass is 10.1. The van der Waals surface area contributed by atoms with E-state index in [-0.39, 0.29) is 10.6 Å². The van der Waals surface area contributed by atoms with Gasteiger partial charge < -0.3 is 9.84 Å². The molecule has 0 atom stereocenters. The fourth-order valence-electron chi connectivity index (χ4n) is 1.76. The summed E-state index contributed by atoms with van der Waals surface area (Å²) in [6.45, 7) is 0. The first kappa shape index (κ1) is 13.4. The predicted molar refractivity (Wildman–Crippen MR) is 73.2 cm³/mol. The lowest BCUT2D eigenvalue weighted by Crippen LogP contribution is -1.96. The van der Waals surface area contributed by atoms with Crippen LogP contribution in [0.5, 0.6) is 11.5 Å². The maximum absolute atomic E-state index is 11.4. The molecule has 0 fully saturated rings. The average Bonchev–Trinajstić information content (AvgIpc) is 2.38. The minimum absolute atomic E-state index is 0.0483. The SMILES string of the molecule is COc1ccc(-c2ccc(S(C)(=O)=O)cc2)cc1O. The third-order valence-electron chi connectivity index (χ3n) is 2.79. The van der Waals surface area contributed by atoms with Crippen LogP contribution in [0.25, 0.3) is 11.1 Å². The fraction of sp³-hybridized carbons (Fsp3) is 0.143. The molecular weight excluding hydrogens is 264 g/mol. The van der Waals surface area contributed by atoms with E-state index in [2.05, 4.69) is 0 Å². The molecule has 0 saturated carbocycles. The summed E-state index contributed by atoms with van der Waals surface area (Å²) in [5.74, 6) is 0.448. The molecule has 0 aliphatic heterocycles. The summed E-state index contributed by atoms with van der Waals surface area (Å²) in [6.07, 6.45) is 1.17. The molecule has 19 heavy (non-hydrogen) atoms. The van der Waals surface area contributed by atoms with Crippen molar-refractivity contribution < 1.29 is 18.3 Å². The molecule has 2 rings (SSSR count). The van der Waals surface area contributed by atoms with E-state index in [1.54, 1.807) is 42.5 Å². The van der Waals surface area contributed by atoms with Gasteiger partial charge in [0.1, 0.15) is 0 Å². The molecule has 0 bridgehead atoms. The van der Waals surface area contributed by atoms with Crippen molar-refractivity contribution in [1.82, 2.24) is 0 Å². The molecule has 100 valence electrons. The van der Waals surface area contributed by atoms with Crippen molar-refractivity contribution in [2.75, 3.05) is 13.4 Å². The molecule has 0 saturated heterocycles. The Balaban J connectivity index is 2.40. The quantitative estimate of drug-likeness (QED) is 0.936. The number of hydrogen-bond acceptors (Lipinski definition) is 4. The molecule has 0 unspecified atom stereocenters. The Kier molecular flexibility index (Phi) is 3.48. The van der Waals surface area contributed by atoms with Gasteiger partial charge in [-0.3, -0.25) is 0 Å². The molecule has 5 heteroatoms. The van der Waals surface area contributed by atoms with E-state index in [9.17, 15) is 13.5 Å². The molecule has 0 heterocycles. The van der Waals surface area contributed by atoms with Gasteiger partial charge in [-0.25, -0.2) is 8.42 Å². The van der Waals surface area contributed by atoms with Crippen LogP contribution in [0.2, 0.25) is 0 Å². The average molecular weight is 278 g/mol. The van der Waals surface area contributed by atoms with Gasteiger partial charge in [-0.05, 0) is 35.4 Å². The zero-order valence-electron chi connectivity index (χ0n) is 10.6. The molecule has 1 N–H and O–H groups in total. The molecule has 0 aromatic heterocycles. The van der Waals surface area contributed by atoms with Crippen molar-refractivity contribution in [3.63, 3.8) is 0 Å². The largest absolute Gasteiger partial charge is 0.504 e. The van der Waals surface area contributed by atoms with Gasteiger partial charge in [-0.1, -0.05) is 18.2 Å². The summed E-state index contributed by atoms with van der Waals surface area (Å²) in [6, 6.07) is 11.5. The topological polar surface area (TPSA) is 63.6 Å². The molecule has 0 amide bonds. The molecular formula is C14H14O4S. The van der Waals surface area contributed by atoms with E-state index in [0.29, 0.717) is 5.75 Å². The van der Waals surface area contributed by atoms with Crippen molar-refractivity contribution in [3.05, 3.63) is 42.5 Å². The first-order valence-electron chi connectivity index (χ1n) is 5.59. The Bertz CT molecular complexity index is 688. The lowest BCUT2D eigenvalue weighted by Gasteiger charge is -2.07. The Labute approximate surface area is 112 Å². The second-order valence-electron chi connectivity index (χ2n) is 4.18. The minimum atomic E-state index is -3.19. The zero-order valence-corrected chi connectivity index (χ0v) is 11.4. The summed E-state index contributed by atoms with van der Waals surface area (Å²) < 4.78 is 27.7. The standard InChI is InChI=1S/C14H14O4S/c1-18-14-8-5-11(9-13(14)15)10-3-6-12(7-4-10)19(2,16)17/h3-9,15H,1-2H3. The monoisotopic (exact) mass is 278 g/mol. The molecule has 0 radical (unpaired) electrons. The van der Waals surface area contributed by atoms with Crippen LogP contribution in [0.1, 0.15) is 0 Å². The highest BCUT2D eigenvalue weighted by atomic mass is 32.2. The van der Waals surface area contributed by atoms with Gasteiger partial charge in [0.15, 0.2) is 21.3 Å². The normalized spacial score (nSPS) is 11.3. The predicted octanol–water partition coefficient (Wildman–Crippen LogP) is 2.47. The van der Waals surface area contributed by atoms with Crippen LogP contribution in [0.3, 0.4) is 0 Å². The summed E-state index contributed by atoms with van der Waals surface area (Å²) in [4.78, 5) is 0.272. The van der Waals surface area contributed by atoms with Crippen molar-refractivity contribution in [1.29, 1.82) is 0 Å². The summed E-state index contributed by atoms with van der Waals surface area (Å²) in [7, 11) is -1.71. The maximum atomic E-state index is 11.4. The fourth-order valence-corrected chi connectivity index (χ4v) is 2.39. The first-order chi connectivity index (χ1) is 8.91. The number of sulfone groups is 1. The van der Waals surface area contributed by atoms with Crippen LogP contribution in [0, 0.1) is 0 Å². The lowest BCUT2D eigenvalue weighted by molar-refractivity contribution is 0.373. The number of phenolic OH excluding ortho intramolecular Hbond substituents is 1. The third kappa shape index (κ3) is 2.88. The van der Waals surface area contributed by atoms with E-state index < -0.39 is 9.84 Å². The number of rotatable bonds is 3. The second-order valence-corrected chi connectivity index (χ2v) is 6.20. The van der Waals surface area contributed by atoms with Crippen LogP contribution in [-0.2, 0) is 9.84 Å². The van der Waals surface area contributed by atoms with Gasteiger partial charge in [0.2, 0.25) is 0 Å². The number of phenols is 1. The van der Waals surface area contributed by atoms with Gasteiger partial charge in [0.05, 0.1) is 12.0 Å². The van der Waals surface area contributed by atoms with Gasteiger partial charge in [0, 0.05) is 6.26 Å². The van der Waals surface area contributed by atoms with Crippen LogP contribution in [0.15, 0.2) is 47.4 Å². The minimum Gasteiger partial charge on any atom is -0.504 e. The number of ether oxygens (including phenoxy) is 1. The number of hydrogen-bond donors (Lipinski definition) is 1. The second kappa shape index (κ2) is 4.93. The Morgan fingerprint density at radius 2 is 1.58 bits per heavy atom. The van der Waals surface area contributed by atoms with Crippen LogP contribution >= 0.6 is 0 Å². The zero-order chi connectivity index (χ0) is 14.0. The van der Waals surface area contributed by atoms with Crippen LogP contribution < -0.4 is 4.74 Å². The summed E-state index contributed by atoms with van der Waals surface area (Å²) >= 11 is 0. The van der Waals surface area contributed by atoms with Crippen molar-refractivity contribution >= 4 is 9.84 Å². The van der Waals surface area contributed by atoms with Gasteiger partial charge in [-0.2, -0.15) is 0 Å². The first-order valence-corrected chi connectivity index (χ1v) is 7.48. The van der Waals surface area contributed by atoms with E-state index in [4.69, 9.17) is 4.74 Å². The molecule has 0 spiro atoms. The highest BCUT2D eigenvalue weighted by molar-refractivity contribution is 7.90. The molecule has 0 aliphatic rings. The molecule has 0 aliphatic carbocycles. The van der Waals surface area contributed by atoms with Crippen LogP contribution in [-0.4, -0.2) is 26.9 Å². The van der Waals surface area contributed by atoms with Gasteiger partial charge >= 0.3 is 0 Å². The highest BCUT2D eigenvalue weighted by Crippen LogP contribution is 2.31. The maximum Gasteiger partial charge on any atom is 0.175 e. The van der Waals surface area contributed by atoms with Crippen LogP contribution in [0.4, 0.5) is 0 Å². The van der Waals surface area contributed by atoms with Gasteiger partial charge in [0.25, 0.3) is 0 Å². The Hall–Kier alpha value is -2.01. The van der Waals surface area contributed by atoms with E-state index >= 15 is 0 Å². The van der Waals surface area contributed by atoms with E-state index in [1.807, 2.05) is 0 Å². The Morgan fingerprint density at radius 1 is 1.00 bits per heavy atom. The molecule has 2 aromatic carbocycles. The van der Waals surface area contributed by atoms with E-state index in [1.165, 1.54) is 13.4 Å². The highest BCUT2D eigenvalue weighted by Gasteiger charge is 2.08. The number of methoxy groups -OCH3 is 1. The summed E-state index contributed by atoms with van der Waals surface area (Å²) in [5, 5.41) is 9.72. The number of aromatic hydroxyl groups is 1. The van der Waals surface area contributed by atoms with Crippen molar-refractivity contribution in [3.8, 4) is 22.6 Å². The van der Waals surface area contributed by atoms with E-state index in [0.717, 1.165) is 11.1 Å². The van der Waals surface area contributed by atoms with Gasteiger partial charge in [-0.15, -0.1) is 0 Å². The molecule has 4 nitrogen and oxygen atoms in total. The third-order valence-corrected chi connectivity index (χ3v) is 3.92. The number of benzene rings is 2. The smallest absolute Gasteiger partial charge is 0.175 e. The molecule has 2 aromatic rings. The van der Waals surface area contributed by atoms with Crippen molar-refractivity contribution in [2.24, 2.45) is 0 Å². The Morgan fingerprint density at radius 3 is 2.05 bits per heavy atom.